The fraction of sp³-hybridized carbons (Fsp3) is 0.900. The average molecular weight is 425 g/mol. The van der Waals surface area contributed by atoms with Gasteiger partial charge < -0.3 is 0 Å². The van der Waals surface area contributed by atoms with E-state index in [1.807, 2.05) is 5.57 Å². The van der Waals surface area contributed by atoms with Gasteiger partial charge in [0.2, 0.25) is 0 Å². The van der Waals surface area contributed by atoms with Crippen LogP contribution in [-0.4, -0.2) is 5.78 Å². The van der Waals surface area contributed by atoms with E-state index in [-0.39, 0.29) is 5.41 Å². The summed E-state index contributed by atoms with van der Waals surface area (Å²) in [5, 5.41) is 0. The van der Waals surface area contributed by atoms with E-state index in [2.05, 4.69) is 61.5 Å². The second kappa shape index (κ2) is 6.29. The molecule has 31 heavy (non-hydrogen) atoms. The van der Waals surface area contributed by atoms with Crippen molar-refractivity contribution in [2.24, 2.45) is 50.2 Å². The number of carbonyl (C=O) groups is 1. The van der Waals surface area contributed by atoms with E-state index in [1.165, 1.54) is 51.4 Å². The zero-order valence-electron chi connectivity index (χ0n) is 21.8. The molecule has 5 aliphatic carbocycles. The number of fused-ring (bicyclic) bond motifs is 7. The molecular weight excluding hydrogens is 376 g/mol. The molecule has 1 nitrogen and oxygen atoms in total. The number of carbonyl (C=O) groups excluding carboxylic acids is 1. The van der Waals surface area contributed by atoms with Gasteiger partial charge in [0.1, 0.15) is 5.78 Å². The monoisotopic (exact) mass is 424 g/mol. The van der Waals surface area contributed by atoms with Gasteiger partial charge in [-0.3, -0.25) is 4.79 Å². The van der Waals surface area contributed by atoms with Crippen molar-refractivity contribution in [3.63, 3.8) is 0 Å². The standard InChI is InChI=1S/C30H48O/c1-25(2)15-16-27(5)17-18-29(7)20(21(27)19-25)9-10-23-28(6)13-12-24(31)26(3,4)22(28)11-14-30(23,29)8/h9,21-23H,10-19H2,1-8H3/t21-,22+,23+,27+,28+,29-,30+/m1/s1. The Labute approximate surface area is 192 Å². The Morgan fingerprint density at radius 1 is 0.806 bits per heavy atom. The first kappa shape index (κ1) is 22.2. The van der Waals surface area contributed by atoms with E-state index in [0.29, 0.717) is 38.8 Å². The lowest BCUT2D eigenvalue weighted by molar-refractivity contribution is -0.184. The summed E-state index contributed by atoms with van der Waals surface area (Å²) in [5.74, 6) is 2.58. The lowest BCUT2D eigenvalue weighted by Gasteiger charge is -2.70. The van der Waals surface area contributed by atoms with Crippen molar-refractivity contribution in [1.29, 1.82) is 0 Å². The number of ketones is 1. The van der Waals surface area contributed by atoms with Gasteiger partial charge in [-0.25, -0.2) is 0 Å². The Hall–Kier alpha value is -0.590. The minimum Gasteiger partial charge on any atom is -0.299 e. The molecule has 0 N–H and O–H groups in total. The van der Waals surface area contributed by atoms with Crippen molar-refractivity contribution in [3.8, 4) is 0 Å². The van der Waals surface area contributed by atoms with Crippen LogP contribution >= 0.6 is 0 Å². The number of hydrogen-bond acceptors (Lipinski definition) is 1. The van der Waals surface area contributed by atoms with Gasteiger partial charge in [0.15, 0.2) is 0 Å². The Balaban J connectivity index is 1.58. The van der Waals surface area contributed by atoms with Crippen LogP contribution in [0, 0.1) is 50.2 Å². The van der Waals surface area contributed by atoms with Gasteiger partial charge >= 0.3 is 0 Å². The molecule has 0 aromatic rings. The first-order valence-corrected chi connectivity index (χ1v) is 13.4. The van der Waals surface area contributed by atoms with Gasteiger partial charge in [0, 0.05) is 11.8 Å². The van der Waals surface area contributed by atoms with Crippen LogP contribution in [0.5, 0.6) is 0 Å². The molecular formula is C30H48O. The average Bonchev–Trinajstić information content (AvgIpc) is 2.67. The van der Waals surface area contributed by atoms with Crippen LogP contribution in [0.15, 0.2) is 11.6 Å². The Morgan fingerprint density at radius 3 is 2.19 bits per heavy atom. The topological polar surface area (TPSA) is 17.1 Å². The normalized spacial score (nSPS) is 52.8. The van der Waals surface area contributed by atoms with Crippen LogP contribution in [-0.2, 0) is 4.79 Å². The van der Waals surface area contributed by atoms with Crippen molar-refractivity contribution in [3.05, 3.63) is 11.6 Å². The third-order valence-corrected chi connectivity index (χ3v) is 12.8. The van der Waals surface area contributed by atoms with Crippen LogP contribution < -0.4 is 0 Å². The van der Waals surface area contributed by atoms with E-state index in [9.17, 15) is 4.79 Å². The lowest BCUT2D eigenvalue weighted by atomic mass is 9.34. The van der Waals surface area contributed by atoms with E-state index < -0.39 is 0 Å². The summed E-state index contributed by atoms with van der Waals surface area (Å²) < 4.78 is 0. The van der Waals surface area contributed by atoms with Crippen LogP contribution in [0.1, 0.15) is 120 Å². The summed E-state index contributed by atoms with van der Waals surface area (Å²) in [5.41, 5.74) is 3.75. The first-order valence-electron chi connectivity index (χ1n) is 13.4. The van der Waals surface area contributed by atoms with E-state index in [4.69, 9.17) is 0 Å². The Bertz CT molecular complexity index is 831. The number of rotatable bonds is 0. The molecule has 0 saturated heterocycles. The maximum atomic E-state index is 12.9. The van der Waals surface area contributed by atoms with Gasteiger partial charge in [0.05, 0.1) is 0 Å². The molecule has 4 saturated carbocycles. The molecule has 174 valence electrons. The second-order valence-corrected chi connectivity index (χ2v) is 15.0. The summed E-state index contributed by atoms with van der Waals surface area (Å²) in [6, 6.07) is 0. The molecule has 0 aromatic carbocycles. The summed E-state index contributed by atoms with van der Waals surface area (Å²) in [7, 11) is 0. The molecule has 0 spiro atoms. The molecule has 7 atom stereocenters. The van der Waals surface area contributed by atoms with E-state index >= 15 is 0 Å². The molecule has 5 aliphatic rings. The highest BCUT2D eigenvalue weighted by Gasteiger charge is 2.67. The summed E-state index contributed by atoms with van der Waals surface area (Å²) in [6.45, 7) is 20.1. The third-order valence-electron chi connectivity index (χ3n) is 12.8. The molecule has 5 rings (SSSR count). The summed E-state index contributed by atoms with van der Waals surface area (Å²) in [4.78, 5) is 12.9. The SMILES string of the molecule is CC1(C)CC[C@@]2(C)CC[C@]3(C)C(=CC[C@H]4[C@@]5(C)CCC(=O)C(C)(C)[C@@H]5CC[C@@]43C)[C@H]2C1. The summed E-state index contributed by atoms with van der Waals surface area (Å²) >= 11 is 0. The maximum absolute atomic E-state index is 12.9. The number of hydrogen-bond donors (Lipinski definition) is 0. The second-order valence-electron chi connectivity index (χ2n) is 15.0. The van der Waals surface area contributed by atoms with E-state index in [1.54, 1.807) is 0 Å². The van der Waals surface area contributed by atoms with Crippen molar-refractivity contribution in [2.75, 3.05) is 0 Å². The molecule has 0 aromatic heterocycles. The zero-order chi connectivity index (χ0) is 22.7. The van der Waals surface area contributed by atoms with E-state index in [0.717, 1.165) is 24.7 Å². The molecule has 0 bridgehead atoms. The molecule has 0 heterocycles. The van der Waals surface area contributed by atoms with Crippen LogP contribution in [0.2, 0.25) is 0 Å². The smallest absolute Gasteiger partial charge is 0.138 e. The van der Waals surface area contributed by atoms with Crippen molar-refractivity contribution in [2.45, 2.75) is 120 Å². The quantitative estimate of drug-likeness (QED) is 0.357. The fourth-order valence-electron chi connectivity index (χ4n) is 10.3. The number of allylic oxidation sites excluding steroid dienone is 2. The largest absolute Gasteiger partial charge is 0.299 e. The van der Waals surface area contributed by atoms with Gasteiger partial charge in [-0.15, -0.1) is 0 Å². The van der Waals surface area contributed by atoms with Gasteiger partial charge in [-0.1, -0.05) is 67.0 Å². The van der Waals surface area contributed by atoms with Crippen molar-refractivity contribution >= 4 is 5.78 Å². The van der Waals surface area contributed by atoms with Crippen LogP contribution in [0.3, 0.4) is 0 Å². The first-order chi connectivity index (χ1) is 14.2. The van der Waals surface area contributed by atoms with Crippen molar-refractivity contribution < 1.29 is 4.79 Å². The van der Waals surface area contributed by atoms with Crippen LogP contribution in [0.25, 0.3) is 0 Å². The zero-order valence-corrected chi connectivity index (χ0v) is 21.8. The lowest BCUT2D eigenvalue weighted by Crippen LogP contribution is -2.64. The van der Waals surface area contributed by atoms with Crippen LogP contribution in [0.4, 0.5) is 0 Å². The highest BCUT2D eigenvalue weighted by atomic mass is 16.1. The van der Waals surface area contributed by atoms with Gasteiger partial charge in [-0.05, 0) is 103 Å². The third kappa shape index (κ3) is 2.70. The molecule has 4 fully saturated rings. The fourth-order valence-corrected chi connectivity index (χ4v) is 10.3. The minimum atomic E-state index is -0.141. The highest BCUT2D eigenvalue weighted by molar-refractivity contribution is 5.85. The maximum Gasteiger partial charge on any atom is 0.138 e. The Morgan fingerprint density at radius 2 is 1.48 bits per heavy atom. The predicted molar refractivity (Wildman–Crippen MR) is 130 cm³/mol. The molecule has 0 unspecified atom stereocenters. The predicted octanol–water partition coefficient (Wildman–Crippen LogP) is 8.38. The van der Waals surface area contributed by atoms with Crippen molar-refractivity contribution in [1.82, 2.24) is 0 Å². The highest BCUT2D eigenvalue weighted by Crippen LogP contribution is 2.75. The molecule has 0 amide bonds. The Kier molecular flexibility index (Phi) is 4.51. The molecule has 0 aliphatic heterocycles. The van der Waals surface area contributed by atoms with Gasteiger partial charge in [-0.2, -0.15) is 0 Å². The molecule has 1 heteroatoms. The number of Topliss-reactive ketones (excluding diaryl/α,β-unsaturated/α-hetero) is 1. The minimum absolute atomic E-state index is 0.141. The van der Waals surface area contributed by atoms with Gasteiger partial charge in [0.25, 0.3) is 0 Å². The summed E-state index contributed by atoms with van der Waals surface area (Å²) in [6.07, 6.45) is 15.5. The molecule has 0 radical (unpaired) electrons.